The lowest BCUT2D eigenvalue weighted by Crippen LogP contribution is -1.98. The van der Waals surface area contributed by atoms with Gasteiger partial charge in [-0.25, -0.2) is 0 Å². The van der Waals surface area contributed by atoms with Crippen LogP contribution in [0.4, 0.5) is 0 Å². The lowest BCUT2D eigenvalue weighted by molar-refractivity contribution is 0.111. The molecule has 6 aromatic rings. The SMILES string of the molecule is CCOP(=O)(CC#N)OCC.Cn1nc2c(-c3ccc(Cl)cc3Cl)cccc2c1/C=C/C#N.Cn1nc2c(-c3ccc(Cl)cc3Cl)cccc2c1C=O. The molecule has 2 aromatic heterocycles. The number of halogens is 4. The molecule has 4 aromatic carbocycles. The maximum Gasteiger partial charge on any atom is 0.344 e. The highest BCUT2D eigenvalue weighted by molar-refractivity contribution is 7.54. The Labute approximate surface area is 327 Å². The maximum absolute atomic E-state index is 11.3. The second-order valence-corrected chi connectivity index (χ2v) is 14.8. The standard InChI is InChI=1S/C17H11Cl2N3.C15H10Cl2N2O.C6H12NO3P/c1-22-16(6-3-9-20)14-5-2-4-13(17(14)21-22)12-8-7-11(18)10-15(12)19;1-19-14(8-20)12-4-2-3-11(15(12)18-19)10-6-5-9(16)7-13(10)17;1-3-9-11(8,6-5-7)10-4-2/h2-8,10H,1H3;2-8H,1H3;3-4,6H2,1-2H3/b6-3+;;. The van der Waals surface area contributed by atoms with Crippen molar-refractivity contribution in [2.45, 2.75) is 13.8 Å². The molecule has 0 radical (unpaired) electrons. The van der Waals surface area contributed by atoms with Gasteiger partial charge < -0.3 is 9.05 Å². The summed E-state index contributed by atoms with van der Waals surface area (Å²) in [5, 5.41) is 30.1. The molecule has 0 spiro atoms. The van der Waals surface area contributed by atoms with Crippen LogP contribution in [0.3, 0.4) is 0 Å². The lowest BCUT2D eigenvalue weighted by Gasteiger charge is -2.12. The number of carbonyl (C=O) groups excluding carboxylic acids is 1. The molecule has 0 aliphatic rings. The van der Waals surface area contributed by atoms with Gasteiger partial charge in [-0.05, 0) is 44.2 Å². The van der Waals surface area contributed by atoms with Crippen molar-refractivity contribution in [1.29, 1.82) is 10.5 Å². The van der Waals surface area contributed by atoms with Gasteiger partial charge in [0.1, 0.15) is 22.9 Å². The van der Waals surface area contributed by atoms with Crippen LogP contribution in [0.2, 0.25) is 20.1 Å². The minimum absolute atomic E-state index is 0.172. The first-order valence-corrected chi connectivity index (χ1v) is 19.2. The number of carbonyl (C=O) groups is 1. The number of allylic oxidation sites excluding steroid dienone is 1. The molecule has 272 valence electrons. The molecule has 0 saturated carbocycles. The van der Waals surface area contributed by atoms with Gasteiger partial charge in [0.05, 0.1) is 31.0 Å². The van der Waals surface area contributed by atoms with Crippen LogP contribution in [-0.2, 0) is 27.7 Å². The number of hydrogen-bond acceptors (Lipinski definition) is 8. The predicted molar refractivity (Wildman–Crippen MR) is 214 cm³/mol. The van der Waals surface area contributed by atoms with E-state index in [1.54, 1.807) is 66.7 Å². The van der Waals surface area contributed by atoms with Crippen molar-refractivity contribution in [2.75, 3.05) is 19.4 Å². The maximum atomic E-state index is 11.3. The van der Waals surface area contributed by atoms with Crippen molar-refractivity contribution < 1.29 is 18.4 Å². The third kappa shape index (κ3) is 9.94. The zero-order valence-corrected chi connectivity index (χ0v) is 33.0. The van der Waals surface area contributed by atoms with E-state index < -0.39 is 7.60 Å². The van der Waals surface area contributed by atoms with Crippen LogP contribution in [0.1, 0.15) is 30.0 Å². The first kappa shape index (κ1) is 41.3. The average molecular weight is 811 g/mol. The fraction of sp³-hybridized carbons (Fsp3) is 0.184. The van der Waals surface area contributed by atoms with Crippen molar-refractivity contribution in [1.82, 2.24) is 19.6 Å². The topological polar surface area (TPSA) is 136 Å². The molecule has 0 fully saturated rings. The predicted octanol–water partition coefficient (Wildman–Crippen LogP) is 11.2. The molecule has 53 heavy (non-hydrogen) atoms. The number of hydrogen-bond donors (Lipinski definition) is 0. The van der Waals surface area contributed by atoms with Crippen molar-refractivity contribution in [3.63, 3.8) is 0 Å². The van der Waals surface area contributed by atoms with E-state index in [1.165, 1.54) is 6.08 Å². The first-order valence-electron chi connectivity index (χ1n) is 16.0. The van der Waals surface area contributed by atoms with Crippen LogP contribution >= 0.6 is 54.0 Å². The van der Waals surface area contributed by atoms with Crippen molar-refractivity contribution in [3.8, 4) is 34.4 Å². The number of rotatable bonds is 9. The van der Waals surface area contributed by atoms with Crippen LogP contribution in [-0.4, -0.2) is 45.2 Å². The molecule has 2 heterocycles. The molecular weight excluding hydrogens is 777 g/mol. The molecule has 0 unspecified atom stereocenters. The Hall–Kier alpha value is -4.48. The lowest BCUT2D eigenvalue weighted by atomic mass is 10.0. The zero-order chi connectivity index (χ0) is 38.7. The molecule has 15 heteroatoms. The molecule has 0 N–H and O–H groups in total. The van der Waals surface area contributed by atoms with Crippen LogP contribution in [0.15, 0.2) is 78.9 Å². The Morgan fingerprint density at radius 1 is 0.736 bits per heavy atom. The fourth-order valence-corrected chi connectivity index (χ4v) is 7.62. The van der Waals surface area contributed by atoms with E-state index in [-0.39, 0.29) is 6.16 Å². The summed E-state index contributed by atoms with van der Waals surface area (Å²) in [6, 6.07) is 26.1. The van der Waals surface area contributed by atoms with Crippen molar-refractivity contribution in [3.05, 3.63) is 110 Å². The fourth-order valence-electron chi connectivity index (χ4n) is 5.38. The molecule has 10 nitrogen and oxygen atoms in total. The van der Waals surface area contributed by atoms with Gasteiger partial charge in [-0.15, -0.1) is 0 Å². The summed E-state index contributed by atoms with van der Waals surface area (Å²) >= 11 is 24.5. The second kappa shape index (κ2) is 19.0. The van der Waals surface area contributed by atoms with E-state index in [0.29, 0.717) is 39.0 Å². The summed E-state index contributed by atoms with van der Waals surface area (Å²) in [4.78, 5) is 11.2. The van der Waals surface area contributed by atoms with Gasteiger partial charge in [0.15, 0.2) is 6.29 Å². The van der Waals surface area contributed by atoms with Gasteiger partial charge in [0.25, 0.3) is 0 Å². The Kier molecular flexibility index (Phi) is 14.8. The Bertz CT molecular complexity index is 2420. The first-order chi connectivity index (χ1) is 25.4. The van der Waals surface area contributed by atoms with E-state index in [9.17, 15) is 9.36 Å². The molecule has 0 aliphatic heterocycles. The Morgan fingerprint density at radius 2 is 1.21 bits per heavy atom. The molecule has 0 aliphatic carbocycles. The van der Waals surface area contributed by atoms with Gasteiger partial charge >= 0.3 is 7.60 Å². The highest BCUT2D eigenvalue weighted by Gasteiger charge is 2.22. The number of benzene rings is 4. The summed E-state index contributed by atoms with van der Waals surface area (Å²) in [5.41, 5.74) is 6.56. The number of nitrogens with zero attached hydrogens (tertiary/aromatic N) is 6. The molecule has 6 rings (SSSR count). The zero-order valence-electron chi connectivity index (χ0n) is 29.1. The van der Waals surface area contributed by atoms with E-state index in [1.807, 2.05) is 61.6 Å². The summed E-state index contributed by atoms with van der Waals surface area (Å²) in [6.07, 6.45) is 3.83. The minimum atomic E-state index is -3.08. The molecule has 0 atom stereocenters. The average Bonchev–Trinajstić information content (AvgIpc) is 3.62. The minimum Gasteiger partial charge on any atom is -0.308 e. The Morgan fingerprint density at radius 3 is 1.62 bits per heavy atom. The van der Waals surface area contributed by atoms with Crippen molar-refractivity contribution >= 4 is 88.2 Å². The summed E-state index contributed by atoms with van der Waals surface area (Å²) in [6.45, 7) is 4.03. The molecule has 0 amide bonds. The van der Waals surface area contributed by atoms with E-state index in [0.717, 1.165) is 56.0 Å². The largest absolute Gasteiger partial charge is 0.344 e. The van der Waals surface area contributed by atoms with Crippen LogP contribution in [0.5, 0.6) is 0 Å². The second-order valence-electron chi connectivity index (χ2n) is 11.0. The Balaban J connectivity index is 0.000000188. The normalized spacial score (nSPS) is 11.1. The third-order valence-electron chi connectivity index (χ3n) is 7.61. The van der Waals surface area contributed by atoms with Gasteiger partial charge in [-0.2, -0.15) is 20.7 Å². The summed E-state index contributed by atoms with van der Waals surface area (Å²) in [5.74, 6) is 0. The van der Waals surface area contributed by atoms with Crippen LogP contribution < -0.4 is 0 Å². The van der Waals surface area contributed by atoms with Crippen molar-refractivity contribution in [2.24, 2.45) is 14.1 Å². The molecule has 0 saturated heterocycles. The molecular formula is C38H33Cl4N6O4P. The molecule has 0 bridgehead atoms. The van der Waals surface area contributed by atoms with E-state index in [2.05, 4.69) is 10.2 Å². The number of nitriles is 2. The highest BCUT2D eigenvalue weighted by atomic mass is 35.5. The number of aryl methyl sites for hydroxylation is 2. The van der Waals surface area contributed by atoms with Crippen LogP contribution in [0, 0.1) is 22.7 Å². The van der Waals surface area contributed by atoms with E-state index >= 15 is 0 Å². The summed E-state index contributed by atoms with van der Waals surface area (Å²) in [7, 11) is 0.518. The highest BCUT2D eigenvalue weighted by Crippen LogP contribution is 2.47. The van der Waals surface area contributed by atoms with E-state index in [4.69, 9.17) is 66.0 Å². The van der Waals surface area contributed by atoms with Gasteiger partial charge in [-0.1, -0.05) is 94.9 Å². The number of aldehydes is 1. The quantitative estimate of drug-likeness (QED) is 0.0800. The summed E-state index contributed by atoms with van der Waals surface area (Å²) < 4.78 is 24.3. The number of fused-ring (bicyclic) bond motifs is 2. The van der Waals surface area contributed by atoms with Crippen LogP contribution in [0.25, 0.3) is 50.1 Å². The van der Waals surface area contributed by atoms with Gasteiger partial charge in [0, 0.05) is 73.3 Å². The van der Waals surface area contributed by atoms with Gasteiger partial charge in [0.2, 0.25) is 0 Å². The number of aromatic nitrogens is 4. The van der Waals surface area contributed by atoms with Gasteiger partial charge in [-0.3, -0.25) is 18.7 Å². The monoisotopic (exact) mass is 808 g/mol. The third-order valence-corrected chi connectivity index (χ3v) is 10.5. The smallest absolute Gasteiger partial charge is 0.308 e.